The van der Waals surface area contributed by atoms with E-state index in [1.54, 1.807) is 25.8 Å². The molecule has 1 aliphatic carbocycles. The van der Waals surface area contributed by atoms with Gasteiger partial charge >= 0.3 is 0 Å². The Hall–Kier alpha value is -1.06. The van der Waals surface area contributed by atoms with Crippen LogP contribution in [-0.4, -0.2) is 35.1 Å². The van der Waals surface area contributed by atoms with Crippen LogP contribution in [0.2, 0.25) is 5.02 Å². The highest BCUT2D eigenvalue weighted by Crippen LogP contribution is 2.45. The number of likely N-dealkylation sites (N-methyl/N-ethyl adjacent to an activating group) is 1. The molecular formula is C16H22ClNO2. The molecule has 0 aliphatic heterocycles. The smallest absolute Gasteiger partial charge is 0.233 e. The minimum Gasteiger partial charge on any atom is -0.389 e. The van der Waals surface area contributed by atoms with Gasteiger partial charge in [-0.05, 0) is 44.4 Å². The van der Waals surface area contributed by atoms with Crippen molar-refractivity contribution in [2.45, 2.75) is 44.1 Å². The summed E-state index contributed by atoms with van der Waals surface area (Å²) in [6, 6.07) is 7.55. The van der Waals surface area contributed by atoms with Crippen LogP contribution in [0.1, 0.15) is 38.7 Å². The fraction of sp³-hybridized carbons (Fsp3) is 0.562. The lowest BCUT2D eigenvalue weighted by molar-refractivity contribution is -0.142. The first-order valence-electron chi connectivity index (χ1n) is 6.99. The zero-order valence-electron chi connectivity index (χ0n) is 12.3. The Morgan fingerprint density at radius 3 is 2.30 bits per heavy atom. The minimum atomic E-state index is -0.880. The van der Waals surface area contributed by atoms with Gasteiger partial charge in [0.1, 0.15) is 0 Å². The van der Waals surface area contributed by atoms with Gasteiger partial charge in [0.2, 0.25) is 5.91 Å². The summed E-state index contributed by atoms with van der Waals surface area (Å²) in [5.41, 5.74) is -0.277. The van der Waals surface area contributed by atoms with Gasteiger partial charge in [-0.2, -0.15) is 0 Å². The largest absolute Gasteiger partial charge is 0.389 e. The van der Waals surface area contributed by atoms with Crippen molar-refractivity contribution in [1.29, 1.82) is 0 Å². The first-order chi connectivity index (χ1) is 9.24. The average molecular weight is 296 g/mol. The van der Waals surface area contributed by atoms with E-state index in [0.717, 1.165) is 24.8 Å². The maximum absolute atomic E-state index is 12.8. The molecule has 20 heavy (non-hydrogen) atoms. The van der Waals surface area contributed by atoms with Gasteiger partial charge in [-0.25, -0.2) is 0 Å². The lowest BCUT2D eigenvalue weighted by Gasteiger charge is -2.44. The molecule has 1 amide bonds. The summed E-state index contributed by atoms with van der Waals surface area (Å²) in [7, 11) is 1.76. The van der Waals surface area contributed by atoms with Crippen molar-refractivity contribution in [3.8, 4) is 0 Å². The monoisotopic (exact) mass is 295 g/mol. The zero-order valence-corrected chi connectivity index (χ0v) is 13.1. The summed E-state index contributed by atoms with van der Waals surface area (Å²) < 4.78 is 0. The number of hydrogen-bond acceptors (Lipinski definition) is 2. The molecule has 0 radical (unpaired) electrons. The third-order valence-corrected chi connectivity index (χ3v) is 4.24. The molecule has 0 unspecified atom stereocenters. The van der Waals surface area contributed by atoms with E-state index in [-0.39, 0.29) is 5.91 Å². The van der Waals surface area contributed by atoms with Crippen molar-refractivity contribution in [2.24, 2.45) is 0 Å². The number of carbonyl (C=O) groups is 1. The molecule has 2 rings (SSSR count). The second-order valence-corrected chi connectivity index (χ2v) is 6.85. The normalized spacial score (nSPS) is 17.4. The molecule has 1 aliphatic rings. The van der Waals surface area contributed by atoms with Gasteiger partial charge in [0.05, 0.1) is 11.0 Å². The van der Waals surface area contributed by atoms with Crippen molar-refractivity contribution < 1.29 is 9.90 Å². The lowest BCUT2D eigenvalue weighted by Crippen LogP contribution is -2.52. The van der Waals surface area contributed by atoms with Crippen LogP contribution in [0.15, 0.2) is 24.3 Å². The van der Waals surface area contributed by atoms with E-state index >= 15 is 0 Å². The van der Waals surface area contributed by atoms with Crippen molar-refractivity contribution in [3.63, 3.8) is 0 Å². The fourth-order valence-corrected chi connectivity index (χ4v) is 3.07. The van der Waals surface area contributed by atoms with Gasteiger partial charge in [-0.1, -0.05) is 30.2 Å². The van der Waals surface area contributed by atoms with E-state index < -0.39 is 11.0 Å². The van der Waals surface area contributed by atoms with E-state index in [4.69, 9.17) is 11.6 Å². The molecule has 1 aromatic rings. The number of nitrogens with zero attached hydrogens (tertiary/aromatic N) is 1. The maximum Gasteiger partial charge on any atom is 0.233 e. The summed E-state index contributed by atoms with van der Waals surface area (Å²) in [6.07, 6.45) is 2.79. The molecule has 1 N–H and O–H groups in total. The predicted octanol–water partition coefficient (Wildman–Crippen LogP) is 2.99. The van der Waals surface area contributed by atoms with Crippen LogP contribution in [0.4, 0.5) is 0 Å². The van der Waals surface area contributed by atoms with Crippen LogP contribution in [0.3, 0.4) is 0 Å². The highest BCUT2D eigenvalue weighted by Gasteiger charge is 2.47. The third kappa shape index (κ3) is 2.99. The molecule has 1 fully saturated rings. The Morgan fingerprint density at radius 1 is 1.35 bits per heavy atom. The Balaban J connectivity index is 2.23. The Labute approximate surface area is 125 Å². The number of halogens is 1. The average Bonchev–Trinajstić information content (AvgIpc) is 2.27. The van der Waals surface area contributed by atoms with E-state index in [1.165, 1.54) is 0 Å². The minimum absolute atomic E-state index is 0.0909. The summed E-state index contributed by atoms with van der Waals surface area (Å²) in [4.78, 5) is 14.4. The summed E-state index contributed by atoms with van der Waals surface area (Å²) in [5, 5.41) is 10.6. The molecule has 4 heteroatoms. The van der Waals surface area contributed by atoms with Crippen molar-refractivity contribution in [3.05, 3.63) is 34.9 Å². The first-order valence-corrected chi connectivity index (χ1v) is 7.36. The predicted molar refractivity (Wildman–Crippen MR) is 80.9 cm³/mol. The van der Waals surface area contributed by atoms with Gasteiger partial charge < -0.3 is 10.0 Å². The standard InChI is InChI=1S/C16H22ClNO2/c1-15(2,20)11-18(3)14(19)16(9-4-10-16)12-5-7-13(17)8-6-12/h5-8,20H,4,9-11H2,1-3H3. The molecule has 1 saturated carbocycles. The second kappa shape index (κ2) is 5.38. The number of rotatable bonds is 4. The number of amides is 1. The number of aliphatic hydroxyl groups is 1. The van der Waals surface area contributed by atoms with Gasteiger partial charge in [0, 0.05) is 18.6 Å². The fourth-order valence-electron chi connectivity index (χ4n) is 2.94. The molecule has 110 valence electrons. The Kier molecular flexibility index (Phi) is 4.12. The van der Waals surface area contributed by atoms with Crippen LogP contribution in [0.5, 0.6) is 0 Å². The molecule has 1 aromatic carbocycles. The van der Waals surface area contributed by atoms with Crippen LogP contribution < -0.4 is 0 Å². The van der Waals surface area contributed by atoms with Crippen LogP contribution in [0.25, 0.3) is 0 Å². The molecular weight excluding hydrogens is 274 g/mol. The Morgan fingerprint density at radius 2 is 1.90 bits per heavy atom. The zero-order chi connectivity index (χ0) is 15.0. The van der Waals surface area contributed by atoms with E-state index in [9.17, 15) is 9.90 Å². The third-order valence-electron chi connectivity index (χ3n) is 3.98. The highest BCUT2D eigenvalue weighted by atomic mass is 35.5. The molecule has 0 aromatic heterocycles. The SMILES string of the molecule is CN(CC(C)(C)O)C(=O)C1(c2ccc(Cl)cc2)CCC1. The number of carbonyl (C=O) groups excluding carboxylic acids is 1. The summed E-state index contributed by atoms with van der Waals surface area (Å²) >= 11 is 5.92. The van der Waals surface area contributed by atoms with E-state index in [0.29, 0.717) is 11.6 Å². The van der Waals surface area contributed by atoms with Gasteiger partial charge in [0.25, 0.3) is 0 Å². The second-order valence-electron chi connectivity index (χ2n) is 6.42. The van der Waals surface area contributed by atoms with Crippen LogP contribution in [0, 0.1) is 0 Å². The van der Waals surface area contributed by atoms with E-state index in [1.807, 2.05) is 24.3 Å². The number of hydrogen-bond donors (Lipinski definition) is 1. The summed E-state index contributed by atoms with van der Waals surface area (Å²) in [6.45, 7) is 3.76. The van der Waals surface area contributed by atoms with Crippen LogP contribution >= 0.6 is 11.6 Å². The lowest BCUT2D eigenvalue weighted by atomic mass is 9.63. The molecule has 0 saturated heterocycles. The maximum atomic E-state index is 12.8. The molecule has 3 nitrogen and oxygen atoms in total. The van der Waals surface area contributed by atoms with Crippen molar-refractivity contribution in [1.82, 2.24) is 4.90 Å². The van der Waals surface area contributed by atoms with Crippen molar-refractivity contribution >= 4 is 17.5 Å². The van der Waals surface area contributed by atoms with Gasteiger partial charge in [0.15, 0.2) is 0 Å². The Bertz CT molecular complexity index is 486. The molecule has 0 atom stereocenters. The first kappa shape index (κ1) is 15.3. The molecule has 0 spiro atoms. The van der Waals surface area contributed by atoms with Gasteiger partial charge in [-0.15, -0.1) is 0 Å². The highest BCUT2D eigenvalue weighted by molar-refractivity contribution is 6.30. The topological polar surface area (TPSA) is 40.5 Å². The molecule has 0 bridgehead atoms. The number of benzene rings is 1. The quantitative estimate of drug-likeness (QED) is 0.928. The molecule has 0 heterocycles. The van der Waals surface area contributed by atoms with Crippen molar-refractivity contribution in [2.75, 3.05) is 13.6 Å². The van der Waals surface area contributed by atoms with E-state index in [2.05, 4.69) is 0 Å². The van der Waals surface area contributed by atoms with Crippen LogP contribution in [-0.2, 0) is 10.2 Å². The summed E-state index contributed by atoms with van der Waals surface area (Å²) in [5.74, 6) is 0.0909. The van der Waals surface area contributed by atoms with Gasteiger partial charge in [-0.3, -0.25) is 4.79 Å².